The third kappa shape index (κ3) is 4.64. The van der Waals surface area contributed by atoms with Gasteiger partial charge in [0.1, 0.15) is 5.82 Å². The zero-order valence-corrected chi connectivity index (χ0v) is 14.1. The standard InChI is InChI=1S/C17H19N5O3/c1-3-11(2)20-17(23)6-7-19-16-8-12(10-18)14-9-13(22(24)25)4-5-15(14)21-16/h4-5,8-9,11H,3,6-7H2,1-2H3,(H,19,21)(H,20,23). The van der Waals surface area contributed by atoms with E-state index in [0.29, 0.717) is 28.8 Å². The highest BCUT2D eigenvalue weighted by atomic mass is 16.6. The van der Waals surface area contributed by atoms with E-state index in [2.05, 4.69) is 15.6 Å². The molecular formula is C17H19N5O3. The second kappa shape index (κ2) is 8.06. The van der Waals surface area contributed by atoms with Crippen LogP contribution in [0.25, 0.3) is 10.9 Å². The highest BCUT2D eigenvalue weighted by Gasteiger charge is 2.12. The van der Waals surface area contributed by atoms with Crippen molar-refractivity contribution in [3.8, 4) is 6.07 Å². The molecule has 0 aliphatic heterocycles. The number of benzene rings is 1. The molecule has 0 fully saturated rings. The fourth-order valence-corrected chi connectivity index (χ4v) is 2.26. The van der Waals surface area contributed by atoms with Gasteiger partial charge in [-0.3, -0.25) is 14.9 Å². The quantitative estimate of drug-likeness (QED) is 0.590. The maximum atomic E-state index is 11.8. The first-order valence-corrected chi connectivity index (χ1v) is 7.97. The summed E-state index contributed by atoms with van der Waals surface area (Å²) in [6.45, 7) is 4.31. The fraction of sp³-hybridized carbons (Fsp3) is 0.353. The van der Waals surface area contributed by atoms with Crippen LogP contribution in [0.5, 0.6) is 0 Å². The number of anilines is 1. The number of carbonyl (C=O) groups is 1. The maximum Gasteiger partial charge on any atom is 0.270 e. The van der Waals surface area contributed by atoms with Gasteiger partial charge in [-0.25, -0.2) is 4.98 Å². The summed E-state index contributed by atoms with van der Waals surface area (Å²) in [6.07, 6.45) is 1.15. The number of amides is 1. The Balaban J connectivity index is 2.12. The Kier molecular flexibility index (Phi) is 5.84. The van der Waals surface area contributed by atoms with E-state index in [0.717, 1.165) is 6.42 Å². The van der Waals surface area contributed by atoms with Crippen LogP contribution in [0.2, 0.25) is 0 Å². The molecule has 2 N–H and O–H groups in total. The molecular weight excluding hydrogens is 322 g/mol. The van der Waals surface area contributed by atoms with Gasteiger partial charge in [0.15, 0.2) is 0 Å². The number of aromatic nitrogens is 1. The van der Waals surface area contributed by atoms with Crippen LogP contribution >= 0.6 is 0 Å². The Labute approximate surface area is 145 Å². The minimum absolute atomic E-state index is 0.0567. The third-order valence-electron chi connectivity index (χ3n) is 3.80. The van der Waals surface area contributed by atoms with Gasteiger partial charge in [0.25, 0.3) is 5.69 Å². The van der Waals surface area contributed by atoms with Crippen LogP contribution < -0.4 is 10.6 Å². The normalized spacial score (nSPS) is 11.6. The number of rotatable bonds is 7. The monoisotopic (exact) mass is 341 g/mol. The largest absolute Gasteiger partial charge is 0.369 e. The van der Waals surface area contributed by atoms with Gasteiger partial charge in [-0.2, -0.15) is 5.26 Å². The number of non-ortho nitro benzene ring substituents is 1. The summed E-state index contributed by atoms with van der Waals surface area (Å²) in [7, 11) is 0. The molecule has 1 amide bonds. The molecule has 0 saturated carbocycles. The zero-order valence-electron chi connectivity index (χ0n) is 14.1. The molecule has 1 aromatic heterocycles. The van der Waals surface area contributed by atoms with Gasteiger partial charge in [-0.15, -0.1) is 0 Å². The Morgan fingerprint density at radius 3 is 2.84 bits per heavy atom. The number of pyridine rings is 1. The molecule has 130 valence electrons. The van der Waals surface area contributed by atoms with Crippen LogP contribution in [0.4, 0.5) is 11.5 Å². The molecule has 2 aromatic rings. The van der Waals surface area contributed by atoms with E-state index >= 15 is 0 Å². The number of carbonyl (C=O) groups excluding carboxylic acids is 1. The maximum absolute atomic E-state index is 11.8. The Morgan fingerprint density at radius 2 is 2.20 bits per heavy atom. The smallest absolute Gasteiger partial charge is 0.270 e. The first kappa shape index (κ1) is 18.1. The summed E-state index contributed by atoms with van der Waals surface area (Å²) < 4.78 is 0. The molecule has 2 rings (SSSR count). The highest BCUT2D eigenvalue weighted by Crippen LogP contribution is 2.24. The number of hydrogen-bond donors (Lipinski definition) is 2. The Bertz CT molecular complexity index is 844. The van der Waals surface area contributed by atoms with Gasteiger partial charge in [0, 0.05) is 36.5 Å². The first-order chi connectivity index (χ1) is 11.9. The SMILES string of the molecule is CCC(C)NC(=O)CCNc1cc(C#N)c2cc([N+](=O)[O-])ccc2n1. The van der Waals surface area contributed by atoms with Crippen LogP contribution in [0, 0.1) is 21.4 Å². The minimum Gasteiger partial charge on any atom is -0.369 e. The summed E-state index contributed by atoms with van der Waals surface area (Å²) in [4.78, 5) is 26.4. The molecule has 25 heavy (non-hydrogen) atoms. The average molecular weight is 341 g/mol. The Hall–Kier alpha value is -3.21. The summed E-state index contributed by atoms with van der Waals surface area (Å²) >= 11 is 0. The summed E-state index contributed by atoms with van der Waals surface area (Å²) in [5, 5.41) is 26.5. The lowest BCUT2D eigenvalue weighted by Gasteiger charge is -2.12. The molecule has 0 spiro atoms. The lowest BCUT2D eigenvalue weighted by molar-refractivity contribution is -0.384. The van der Waals surface area contributed by atoms with Gasteiger partial charge in [0.2, 0.25) is 5.91 Å². The van der Waals surface area contributed by atoms with Crippen LogP contribution in [0.15, 0.2) is 24.3 Å². The van der Waals surface area contributed by atoms with Crippen molar-refractivity contribution in [2.45, 2.75) is 32.7 Å². The average Bonchev–Trinajstić information content (AvgIpc) is 2.60. The van der Waals surface area contributed by atoms with Gasteiger partial charge in [-0.05, 0) is 25.5 Å². The molecule has 1 aromatic carbocycles. The second-order valence-electron chi connectivity index (χ2n) is 5.68. The van der Waals surface area contributed by atoms with Crippen LogP contribution in [-0.4, -0.2) is 28.4 Å². The number of nitro benzene ring substituents is 1. The first-order valence-electron chi connectivity index (χ1n) is 7.97. The van der Waals surface area contributed by atoms with Gasteiger partial charge in [0.05, 0.1) is 22.1 Å². The van der Waals surface area contributed by atoms with Crippen molar-refractivity contribution >= 4 is 28.3 Å². The molecule has 0 radical (unpaired) electrons. The third-order valence-corrected chi connectivity index (χ3v) is 3.80. The molecule has 1 atom stereocenters. The minimum atomic E-state index is -0.511. The zero-order chi connectivity index (χ0) is 18.4. The molecule has 1 unspecified atom stereocenters. The summed E-state index contributed by atoms with van der Waals surface area (Å²) in [6, 6.07) is 7.88. The van der Waals surface area contributed by atoms with E-state index in [1.807, 2.05) is 19.9 Å². The molecule has 8 nitrogen and oxygen atoms in total. The number of nitrogens with zero attached hydrogens (tertiary/aromatic N) is 3. The highest BCUT2D eigenvalue weighted by molar-refractivity contribution is 5.88. The van der Waals surface area contributed by atoms with E-state index in [9.17, 15) is 20.2 Å². The lowest BCUT2D eigenvalue weighted by Crippen LogP contribution is -2.33. The number of nitriles is 1. The van der Waals surface area contributed by atoms with Crippen molar-refractivity contribution in [2.24, 2.45) is 0 Å². The van der Waals surface area contributed by atoms with Crippen molar-refractivity contribution in [3.05, 3.63) is 39.9 Å². The molecule has 0 aliphatic carbocycles. The van der Waals surface area contributed by atoms with Crippen molar-refractivity contribution in [2.75, 3.05) is 11.9 Å². The van der Waals surface area contributed by atoms with Gasteiger partial charge < -0.3 is 10.6 Å². The number of fused-ring (bicyclic) bond motifs is 1. The number of hydrogen-bond acceptors (Lipinski definition) is 6. The molecule has 0 bridgehead atoms. The lowest BCUT2D eigenvalue weighted by atomic mass is 10.1. The predicted octanol–water partition coefficient (Wildman–Crippen LogP) is 2.73. The van der Waals surface area contributed by atoms with Gasteiger partial charge >= 0.3 is 0 Å². The summed E-state index contributed by atoms with van der Waals surface area (Å²) in [5.41, 5.74) is 0.685. The van der Waals surface area contributed by atoms with Crippen LogP contribution in [-0.2, 0) is 4.79 Å². The van der Waals surface area contributed by atoms with Crippen molar-refractivity contribution < 1.29 is 9.72 Å². The second-order valence-corrected chi connectivity index (χ2v) is 5.68. The molecule has 1 heterocycles. The molecule has 8 heteroatoms. The van der Waals surface area contributed by atoms with Crippen molar-refractivity contribution in [1.29, 1.82) is 5.26 Å². The van der Waals surface area contributed by atoms with E-state index in [4.69, 9.17) is 0 Å². The van der Waals surface area contributed by atoms with E-state index in [-0.39, 0.29) is 24.1 Å². The Morgan fingerprint density at radius 1 is 1.44 bits per heavy atom. The fourth-order valence-electron chi connectivity index (χ4n) is 2.26. The predicted molar refractivity (Wildman–Crippen MR) is 94.1 cm³/mol. The van der Waals surface area contributed by atoms with Crippen molar-refractivity contribution in [1.82, 2.24) is 10.3 Å². The van der Waals surface area contributed by atoms with Crippen molar-refractivity contribution in [3.63, 3.8) is 0 Å². The van der Waals surface area contributed by atoms with E-state index in [1.54, 1.807) is 0 Å². The van der Waals surface area contributed by atoms with Gasteiger partial charge in [-0.1, -0.05) is 6.92 Å². The topological polar surface area (TPSA) is 121 Å². The van der Waals surface area contributed by atoms with E-state index < -0.39 is 4.92 Å². The van der Waals surface area contributed by atoms with Crippen LogP contribution in [0.1, 0.15) is 32.3 Å². The molecule has 0 aliphatic rings. The number of nitro groups is 1. The molecule has 0 saturated heterocycles. The number of nitrogens with one attached hydrogen (secondary N) is 2. The van der Waals surface area contributed by atoms with Crippen LogP contribution in [0.3, 0.4) is 0 Å². The van der Waals surface area contributed by atoms with E-state index in [1.165, 1.54) is 24.3 Å². The summed E-state index contributed by atoms with van der Waals surface area (Å²) in [5.74, 6) is 0.396.